The minimum Gasteiger partial charge on any atom is -0.200 e. The summed E-state index contributed by atoms with van der Waals surface area (Å²) in [7, 11) is -7.56. The smallest absolute Gasteiger partial charge is 0.200 e. The Bertz CT molecular complexity index is 1330. The molecular formula is C26H30N4O4S2. The number of hydrogen-bond acceptors (Lipinski definition) is 6. The maximum atomic E-state index is 12.8. The zero-order valence-corrected chi connectivity index (χ0v) is 21.9. The highest BCUT2D eigenvalue weighted by Crippen LogP contribution is 2.49. The molecule has 2 N–H and O–H groups in total. The van der Waals surface area contributed by atoms with Gasteiger partial charge in [-0.2, -0.15) is 27.0 Å². The Balaban J connectivity index is 1.39. The van der Waals surface area contributed by atoms with Gasteiger partial charge in [-0.05, 0) is 75.6 Å². The first kappa shape index (κ1) is 24.7. The van der Waals surface area contributed by atoms with Crippen LogP contribution in [0.5, 0.6) is 0 Å². The molecule has 10 heteroatoms. The van der Waals surface area contributed by atoms with Gasteiger partial charge in [-0.15, -0.1) is 0 Å². The van der Waals surface area contributed by atoms with Gasteiger partial charge < -0.3 is 0 Å². The third kappa shape index (κ3) is 4.84. The topological polar surface area (TPSA) is 117 Å². The summed E-state index contributed by atoms with van der Waals surface area (Å²) in [6, 6.07) is 13.3. The standard InChI is InChI=1S/C26H30N4O4S2/c1-17-3-11-21(12-4-17)35(31,32)29-27-23-15-16-24(26-20-9-7-19(8-10-20)25(23)26)28-30-36(33,34)22-13-5-18(2)6-14-22/h3-7,9,11-14,19-20,25-26,29-30H,8,10,15-16H2,1-2H3/b27-23+,28-24+/t19-,20+,25+,26-. The van der Waals surface area contributed by atoms with Crippen LogP contribution in [0, 0.1) is 37.5 Å². The molecule has 0 saturated heterocycles. The van der Waals surface area contributed by atoms with Crippen LogP contribution in [0.3, 0.4) is 0 Å². The summed E-state index contributed by atoms with van der Waals surface area (Å²) in [5, 5.41) is 8.81. The molecule has 2 aromatic rings. The number of hydrogen-bond donors (Lipinski definition) is 2. The molecular weight excluding hydrogens is 496 g/mol. The first-order valence-electron chi connectivity index (χ1n) is 12.1. The van der Waals surface area contributed by atoms with Gasteiger partial charge in [0.15, 0.2) is 0 Å². The summed E-state index contributed by atoms with van der Waals surface area (Å²) in [6.07, 6.45) is 7.40. The van der Waals surface area contributed by atoms with Gasteiger partial charge in [0.1, 0.15) is 0 Å². The molecule has 6 rings (SSSR count). The average molecular weight is 527 g/mol. The molecule has 36 heavy (non-hydrogen) atoms. The Kier molecular flexibility index (Phi) is 6.50. The Morgan fingerprint density at radius 2 is 1.00 bits per heavy atom. The number of hydrazone groups is 2. The van der Waals surface area contributed by atoms with Crippen LogP contribution >= 0.6 is 0 Å². The molecule has 0 heterocycles. The molecule has 4 aliphatic carbocycles. The van der Waals surface area contributed by atoms with Gasteiger partial charge in [0, 0.05) is 23.3 Å². The van der Waals surface area contributed by atoms with Crippen molar-refractivity contribution < 1.29 is 16.8 Å². The summed E-state index contributed by atoms with van der Waals surface area (Å²) < 4.78 is 51.2. The second kappa shape index (κ2) is 9.48. The van der Waals surface area contributed by atoms with E-state index in [1.807, 2.05) is 13.8 Å². The van der Waals surface area contributed by atoms with Crippen molar-refractivity contribution in [2.24, 2.45) is 33.9 Å². The molecule has 2 saturated carbocycles. The second-order valence-corrected chi connectivity index (χ2v) is 13.2. The van der Waals surface area contributed by atoms with E-state index >= 15 is 0 Å². The lowest BCUT2D eigenvalue weighted by atomic mass is 9.56. The Hall–Kier alpha value is -2.98. The number of aryl methyl sites for hydroxylation is 2. The Labute approximate surface area is 212 Å². The zero-order chi connectivity index (χ0) is 25.5. The number of nitrogens with one attached hydrogen (secondary N) is 2. The lowest BCUT2D eigenvalue weighted by Crippen LogP contribution is -2.49. The second-order valence-electron chi connectivity index (χ2n) is 9.86. The molecule has 0 aromatic heterocycles. The third-order valence-electron chi connectivity index (χ3n) is 7.44. The SMILES string of the molecule is Cc1ccc(S(=O)(=O)N/N=C2\CC/C(=N\NS(=O)(=O)c3ccc(C)cc3)[C@H]3[C@@H]2[C@H]2C=C[C@@H]3CC2)cc1. The largest absolute Gasteiger partial charge is 0.276 e. The van der Waals surface area contributed by atoms with Crippen molar-refractivity contribution in [3.63, 3.8) is 0 Å². The van der Waals surface area contributed by atoms with E-state index in [0.29, 0.717) is 12.8 Å². The highest BCUT2D eigenvalue weighted by atomic mass is 32.2. The number of fused-ring (bicyclic) bond motifs is 1. The summed E-state index contributed by atoms with van der Waals surface area (Å²) in [5.41, 5.74) is 3.56. The fourth-order valence-corrected chi connectivity index (χ4v) is 7.21. The lowest BCUT2D eigenvalue weighted by molar-refractivity contribution is 0.217. The molecule has 4 aliphatic rings. The fourth-order valence-electron chi connectivity index (χ4n) is 5.53. The van der Waals surface area contributed by atoms with Crippen LogP contribution in [-0.4, -0.2) is 28.3 Å². The van der Waals surface area contributed by atoms with Crippen LogP contribution in [0.15, 0.2) is 80.7 Å². The number of sulfonamides is 2. The van der Waals surface area contributed by atoms with E-state index in [1.54, 1.807) is 48.5 Å². The fraction of sp³-hybridized carbons (Fsp3) is 0.385. The summed E-state index contributed by atoms with van der Waals surface area (Å²) >= 11 is 0. The molecule has 4 atom stereocenters. The summed E-state index contributed by atoms with van der Waals surface area (Å²) in [4.78, 5) is 5.22. The van der Waals surface area contributed by atoms with Gasteiger partial charge in [-0.3, -0.25) is 0 Å². The Morgan fingerprint density at radius 3 is 1.33 bits per heavy atom. The molecule has 190 valence electrons. The predicted molar refractivity (Wildman–Crippen MR) is 139 cm³/mol. The van der Waals surface area contributed by atoms with Gasteiger partial charge in [-0.25, -0.2) is 9.66 Å². The molecule has 2 fully saturated rings. The van der Waals surface area contributed by atoms with Gasteiger partial charge in [0.25, 0.3) is 20.0 Å². The molecule has 0 unspecified atom stereocenters. The van der Waals surface area contributed by atoms with Gasteiger partial charge in [0.2, 0.25) is 0 Å². The van der Waals surface area contributed by atoms with Gasteiger partial charge >= 0.3 is 0 Å². The van der Waals surface area contributed by atoms with E-state index < -0.39 is 20.0 Å². The molecule has 0 amide bonds. The van der Waals surface area contributed by atoms with Gasteiger partial charge in [0.05, 0.1) is 9.79 Å². The average Bonchev–Trinajstić information content (AvgIpc) is 2.87. The number of rotatable bonds is 6. The van der Waals surface area contributed by atoms with Crippen molar-refractivity contribution in [1.82, 2.24) is 9.66 Å². The van der Waals surface area contributed by atoms with Crippen molar-refractivity contribution in [1.29, 1.82) is 0 Å². The van der Waals surface area contributed by atoms with Crippen LogP contribution < -0.4 is 9.66 Å². The highest BCUT2D eigenvalue weighted by molar-refractivity contribution is 7.89. The summed E-state index contributed by atoms with van der Waals surface area (Å²) in [5.74, 6) is 0.431. The van der Waals surface area contributed by atoms with E-state index in [9.17, 15) is 16.8 Å². The van der Waals surface area contributed by atoms with E-state index in [4.69, 9.17) is 0 Å². The first-order valence-corrected chi connectivity index (χ1v) is 15.1. The quantitative estimate of drug-likeness (QED) is 0.439. The molecule has 0 spiro atoms. The normalized spacial score (nSPS) is 27.7. The molecule has 8 nitrogen and oxygen atoms in total. The minimum atomic E-state index is -3.78. The number of allylic oxidation sites excluding steroid dienone is 2. The maximum Gasteiger partial charge on any atom is 0.276 e. The van der Waals surface area contributed by atoms with Crippen molar-refractivity contribution in [3.8, 4) is 0 Å². The molecule has 2 aromatic carbocycles. The first-order chi connectivity index (χ1) is 17.1. The molecule has 0 radical (unpaired) electrons. The van der Waals surface area contributed by atoms with E-state index in [2.05, 4.69) is 32.0 Å². The van der Waals surface area contributed by atoms with Crippen molar-refractivity contribution >= 4 is 31.5 Å². The van der Waals surface area contributed by atoms with Crippen LogP contribution in [-0.2, 0) is 20.0 Å². The van der Waals surface area contributed by atoms with Crippen molar-refractivity contribution in [2.45, 2.75) is 49.3 Å². The Morgan fingerprint density at radius 1 is 0.639 bits per heavy atom. The number of benzene rings is 2. The van der Waals surface area contributed by atoms with Crippen LogP contribution in [0.1, 0.15) is 36.8 Å². The highest BCUT2D eigenvalue weighted by Gasteiger charge is 2.48. The van der Waals surface area contributed by atoms with E-state index in [0.717, 1.165) is 35.4 Å². The molecule has 0 aliphatic heterocycles. The van der Waals surface area contributed by atoms with E-state index in [-0.39, 0.29) is 33.5 Å². The van der Waals surface area contributed by atoms with Crippen LogP contribution in [0.25, 0.3) is 0 Å². The van der Waals surface area contributed by atoms with Crippen molar-refractivity contribution in [3.05, 3.63) is 71.8 Å². The van der Waals surface area contributed by atoms with Crippen LogP contribution in [0.2, 0.25) is 0 Å². The van der Waals surface area contributed by atoms with Crippen molar-refractivity contribution in [2.75, 3.05) is 0 Å². The monoisotopic (exact) mass is 526 g/mol. The summed E-state index contributed by atoms with van der Waals surface area (Å²) in [6.45, 7) is 3.80. The molecule has 2 bridgehead atoms. The minimum absolute atomic E-state index is 0.00848. The van der Waals surface area contributed by atoms with Crippen LogP contribution in [0.4, 0.5) is 0 Å². The lowest BCUT2D eigenvalue weighted by Gasteiger charge is -2.48. The predicted octanol–water partition coefficient (Wildman–Crippen LogP) is 3.89. The third-order valence-corrected chi connectivity index (χ3v) is 9.89. The maximum absolute atomic E-state index is 12.8. The number of nitrogens with zero attached hydrogens (tertiary/aromatic N) is 2. The van der Waals surface area contributed by atoms with Gasteiger partial charge in [-0.1, -0.05) is 47.5 Å². The van der Waals surface area contributed by atoms with E-state index in [1.165, 1.54) is 0 Å². The zero-order valence-electron chi connectivity index (χ0n) is 20.3.